The van der Waals surface area contributed by atoms with Crippen LogP contribution in [0, 0.1) is 17.1 Å². The van der Waals surface area contributed by atoms with Crippen molar-refractivity contribution in [2.24, 2.45) is 0 Å². The predicted molar refractivity (Wildman–Crippen MR) is 126 cm³/mol. The van der Waals surface area contributed by atoms with E-state index in [2.05, 4.69) is 21.2 Å². The maximum atomic E-state index is 13.8. The van der Waals surface area contributed by atoms with Crippen molar-refractivity contribution in [3.63, 3.8) is 0 Å². The largest absolute Gasteiger partial charge is 0.493 e. The Hall–Kier alpha value is -4.03. The third kappa shape index (κ3) is 5.13. The van der Waals surface area contributed by atoms with E-state index in [1.54, 1.807) is 18.2 Å². The SMILES string of the molecule is COc1cc(/C=C(/C#N)C(=O)Nc2ccccc2F)cc(Br)c1OCc1ccc2c(c1)OCO2. The first kappa shape index (κ1) is 23.1. The fraction of sp³-hybridized carbons (Fsp3) is 0.120. The molecule has 0 radical (unpaired) electrons. The maximum Gasteiger partial charge on any atom is 0.266 e. The minimum atomic E-state index is -0.731. The van der Waals surface area contributed by atoms with Gasteiger partial charge in [-0.15, -0.1) is 0 Å². The van der Waals surface area contributed by atoms with E-state index in [-0.39, 0.29) is 24.7 Å². The van der Waals surface area contributed by atoms with Crippen LogP contribution in [0.3, 0.4) is 0 Å². The second-order valence-electron chi connectivity index (χ2n) is 7.11. The number of methoxy groups -OCH3 is 1. The molecule has 0 aromatic heterocycles. The summed E-state index contributed by atoms with van der Waals surface area (Å²) in [6.45, 7) is 0.437. The van der Waals surface area contributed by atoms with E-state index in [1.807, 2.05) is 24.3 Å². The summed E-state index contributed by atoms with van der Waals surface area (Å²) in [6, 6.07) is 16.4. The lowest BCUT2D eigenvalue weighted by molar-refractivity contribution is -0.112. The molecule has 1 aliphatic heterocycles. The number of hydrogen-bond acceptors (Lipinski definition) is 6. The lowest BCUT2D eigenvalue weighted by atomic mass is 10.1. The molecule has 0 saturated carbocycles. The van der Waals surface area contributed by atoms with Crippen LogP contribution in [0.25, 0.3) is 6.08 Å². The van der Waals surface area contributed by atoms with Crippen LogP contribution >= 0.6 is 15.9 Å². The number of ether oxygens (including phenoxy) is 4. The van der Waals surface area contributed by atoms with E-state index in [0.717, 1.165) is 5.56 Å². The molecule has 0 unspecified atom stereocenters. The van der Waals surface area contributed by atoms with E-state index in [9.17, 15) is 14.4 Å². The first-order chi connectivity index (χ1) is 16.5. The third-order valence-corrected chi connectivity index (χ3v) is 5.46. The number of carbonyl (C=O) groups excluding carboxylic acids is 1. The number of nitrogens with zero attached hydrogens (tertiary/aromatic N) is 1. The van der Waals surface area contributed by atoms with Gasteiger partial charge in [0.15, 0.2) is 23.0 Å². The Kier molecular flexibility index (Phi) is 6.99. The average Bonchev–Trinajstić information content (AvgIpc) is 3.31. The van der Waals surface area contributed by atoms with Crippen LogP contribution in [0.2, 0.25) is 0 Å². The van der Waals surface area contributed by atoms with Crippen LogP contribution in [0.15, 0.2) is 64.6 Å². The molecule has 1 amide bonds. The molecule has 4 rings (SSSR count). The number of benzene rings is 3. The Balaban J connectivity index is 1.53. The van der Waals surface area contributed by atoms with E-state index in [1.165, 1.54) is 31.4 Å². The van der Waals surface area contributed by atoms with Gasteiger partial charge in [0.05, 0.1) is 17.3 Å². The standard InChI is InChI=1S/C25H18BrFN2O5/c1-31-23-11-16(8-17(12-28)25(30)29-20-5-3-2-4-19(20)27)9-18(26)24(23)32-13-15-6-7-21-22(10-15)34-14-33-21/h2-11H,13-14H2,1H3,(H,29,30)/b17-8-. The number of nitrogens with one attached hydrogen (secondary N) is 1. The molecule has 1 aliphatic rings. The number of rotatable bonds is 7. The minimum absolute atomic E-state index is 0.0142. The highest BCUT2D eigenvalue weighted by Gasteiger charge is 2.17. The zero-order chi connectivity index (χ0) is 24.1. The molecule has 0 spiro atoms. The van der Waals surface area contributed by atoms with Crippen molar-refractivity contribution in [2.45, 2.75) is 6.61 Å². The number of fused-ring (bicyclic) bond motifs is 1. The molecule has 7 nitrogen and oxygen atoms in total. The van der Waals surface area contributed by atoms with Crippen LogP contribution in [-0.4, -0.2) is 19.8 Å². The van der Waals surface area contributed by atoms with E-state index >= 15 is 0 Å². The third-order valence-electron chi connectivity index (χ3n) is 4.87. The summed E-state index contributed by atoms with van der Waals surface area (Å²) < 4.78 is 36.5. The summed E-state index contributed by atoms with van der Waals surface area (Å²) in [5.41, 5.74) is 1.17. The zero-order valence-electron chi connectivity index (χ0n) is 17.9. The monoisotopic (exact) mass is 524 g/mol. The second kappa shape index (κ2) is 10.3. The van der Waals surface area contributed by atoms with Crippen molar-refractivity contribution in [3.8, 4) is 29.1 Å². The van der Waals surface area contributed by atoms with Gasteiger partial charge in [-0.2, -0.15) is 5.26 Å². The van der Waals surface area contributed by atoms with Gasteiger partial charge in [-0.3, -0.25) is 4.79 Å². The number of hydrogen-bond donors (Lipinski definition) is 1. The van der Waals surface area contributed by atoms with Gasteiger partial charge in [0.1, 0.15) is 24.1 Å². The molecule has 0 aliphatic carbocycles. The topological polar surface area (TPSA) is 89.8 Å². The Morgan fingerprint density at radius 2 is 2.00 bits per heavy atom. The highest BCUT2D eigenvalue weighted by atomic mass is 79.9. The van der Waals surface area contributed by atoms with Crippen LogP contribution < -0.4 is 24.3 Å². The lowest BCUT2D eigenvalue weighted by Gasteiger charge is -2.14. The van der Waals surface area contributed by atoms with Gasteiger partial charge in [-0.1, -0.05) is 18.2 Å². The highest BCUT2D eigenvalue weighted by molar-refractivity contribution is 9.10. The Bertz CT molecular complexity index is 1320. The second-order valence-corrected chi connectivity index (χ2v) is 7.97. The molecule has 1 heterocycles. The molecule has 0 bridgehead atoms. The molecular formula is C25H18BrFN2O5. The smallest absolute Gasteiger partial charge is 0.266 e. The van der Waals surface area contributed by atoms with Gasteiger partial charge in [0.2, 0.25) is 6.79 Å². The quantitative estimate of drug-likeness (QED) is 0.326. The fourth-order valence-electron chi connectivity index (χ4n) is 3.22. The molecular weight excluding hydrogens is 507 g/mol. The zero-order valence-corrected chi connectivity index (χ0v) is 19.5. The van der Waals surface area contributed by atoms with Crippen molar-refractivity contribution in [1.29, 1.82) is 5.26 Å². The molecule has 0 atom stereocenters. The summed E-state index contributed by atoms with van der Waals surface area (Å²) in [4.78, 5) is 12.5. The molecule has 3 aromatic carbocycles. The van der Waals surface area contributed by atoms with Crippen LogP contribution in [0.4, 0.5) is 10.1 Å². The Morgan fingerprint density at radius 1 is 1.21 bits per heavy atom. The van der Waals surface area contributed by atoms with Crippen molar-refractivity contribution >= 4 is 33.6 Å². The fourth-order valence-corrected chi connectivity index (χ4v) is 3.79. The van der Waals surface area contributed by atoms with Gasteiger partial charge < -0.3 is 24.3 Å². The Morgan fingerprint density at radius 3 is 2.76 bits per heavy atom. The highest BCUT2D eigenvalue weighted by Crippen LogP contribution is 2.38. The van der Waals surface area contributed by atoms with Gasteiger partial charge in [0, 0.05) is 0 Å². The maximum absolute atomic E-state index is 13.8. The van der Waals surface area contributed by atoms with Crippen molar-refractivity contribution in [3.05, 3.63) is 81.6 Å². The average molecular weight is 525 g/mol. The van der Waals surface area contributed by atoms with Gasteiger partial charge in [0.25, 0.3) is 5.91 Å². The van der Waals surface area contributed by atoms with E-state index < -0.39 is 11.7 Å². The summed E-state index contributed by atoms with van der Waals surface area (Å²) >= 11 is 3.46. The van der Waals surface area contributed by atoms with Crippen LogP contribution in [0.5, 0.6) is 23.0 Å². The summed E-state index contributed by atoms with van der Waals surface area (Å²) in [6.07, 6.45) is 1.38. The van der Waals surface area contributed by atoms with Crippen molar-refractivity contribution in [2.75, 3.05) is 19.2 Å². The predicted octanol–water partition coefficient (Wildman–Crippen LogP) is 5.45. The van der Waals surface area contributed by atoms with Crippen molar-refractivity contribution in [1.82, 2.24) is 0 Å². The number of carbonyl (C=O) groups is 1. The Labute approximate surface area is 203 Å². The molecule has 0 fully saturated rings. The molecule has 1 N–H and O–H groups in total. The molecule has 9 heteroatoms. The van der Waals surface area contributed by atoms with Crippen LogP contribution in [0.1, 0.15) is 11.1 Å². The van der Waals surface area contributed by atoms with Crippen molar-refractivity contribution < 1.29 is 28.1 Å². The van der Waals surface area contributed by atoms with Gasteiger partial charge in [-0.25, -0.2) is 4.39 Å². The first-order valence-electron chi connectivity index (χ1n) is 10.0. The van der Waals surface area contributed by atoms with Gasteiger partial charge >= 0.3 is 0 Å². The number of nitriles is 1. The summed E-state index contributed by atoms with van der Waals surface area (Å²) in [5, 5.41) is 11.9. The number of halogens is 2. The van der Waals surface area contributed by atoms with Crippen LogP contribution in [-0.2, 0) is 11.4 Å². The normalized spacial score (nSPS) is 12.1. The molecule has 34 heavy (non-hydrogen) atoms. The van der Waals surface area contributed by atoms with Gasteiger partial charge in [-0.05, 0) is 69.5 Å². The minimum Gasteiger partial charge on any atom is -0.493 e. The number of amides is 1. The summed E-state index contributed by atoms with van der Waals surface area (Å²) in [7, 11) is 1.48. The van der Waals surface area contributed by atoms with E-state index in [4.69, 9.17) is 18.9 Å². The molecule has 3 aromatic rings. The molecule has 172 valence electrons. The lowest BCUT2D eigenvalue weighted by Crippen LogP contribution is -2.14. The molecule has 0 saturated heterocycles. The first-order valence-corrected chi connectivity index (χ1v) is 10.8. The summed E-state index contributed by atoms with van der Waals surface area (Å²) in [5.74, 6) is 0.864. The number of anilines is 1. The van der Waals surface area contributed by atoms with E-state index in [0.29, 0.717) is 33.0 Å². The number of para-hydroxylation sites is 1.